The molecule has 3 atom stereocenters. The number of hydrogen-bond acceptors (Lipinski definition) is 3. The van der Waals surface area contributed by atoms with Gasteiger partial charge in [0.1, 0.15) is 0 Å². The average molecular weight is 199 g/mol. The van der Waals surface area contributed by atoms with E-state index in [2.05, 4.69) is 19.2 Å². The van der Waals surface area contributed by atoms with Crippen LogP contribution in [0.4, 0.5) is 0 Å². The van der Waals surface area contributed by atoms with Gasteiger partial charge in [-0.15, -0.1) is 0 Å². The van der Waals surface area contributed by atoms with E-state index in [1.165, 1.54) is 0 Å². The molecule has 0 radical (unpaired) electrons. The molecule has 0 aliphatic carbocycles. The van der Waals surface area contributed by atoms with Crippen molar-refractivity contribution in [2.75, 3.05) is 13.1 Å². The van der Waals surface area contributed by atoms with E-state index in [0.717, 1.165) is 13.1 Å². The van der Waals surface area contributed by atoms with Crippen LogP contribution in [0.25, 0.3) is 0 Å². The average Bonchev–Trinajstić information content (AvgIpc) is 2.19. The van der Waals surface area contributed by atoms with Crippen LogP contribution in [0.5, 0.6) is 0 Å². The van der Waals surface area contributed by atoms with Crippen LogP contribution in [-0.4, -0.2) is 42.0 Å². The van der Waals surface area contributed by atoms with Gasteiger partial charge in [-0.3, -0.25) is 4.79 Å². The Morgan fingerprint density at radius 3 is 2.86 bits per heavy atom. The Hall–Kier alpha value is -0.610. The van der Waals surface area contributed by atoms with Gasteiger partial charge in [0, 0.05) is 25.2 Å². The summed E-state index contributed by atoms with van der Waals surface area (Å²) >= 11 is 0. The highest BCUT2D eigenvalue weighted by Crippen LogP contribution is 2.08. The molecule has 4 nitrogen and oxygen atoms in total. The van der Waals surface area contributed by atoms with E-state index < -0.39 is 0 Å². The van der Waals surface area contributed by atoms with E-state index in [9.17, 15) is 4.79 Å². The van der Waals surface area contributed by atoms with Crippen molar-refractivity contribution in [2.24, 2.45) is 5.73 Å². The van der Waals surface area contributed by atoms with Crippen molar-refractivity contribution in [2.45, 2.75) is 45.3 Å². The first kappa shape index (κ1) is 11.5. The van der Waals surface area contributed by atoms with E-state index in [4.69, 9.17) is 5.73 Å². The molecule has 1 heterocycles. The SMILES string of the molecule is CC[C@H](N)C(=O)N1CC(C)NCC1C. The molecule has 0 spiro atoms. The number of amides is 1. The number of carbonyl (C=O) groups excluding carboxylic acids is 1. The largest absolute Gasteiger partial charge is 0.336 e. The third kappa shape index (κ3) is 2.45. The molecule has 14 heavy (non-hydrogen) atoms. The molecule has 1 amide bonds. The Balaban J connectivity index is 2.60. The molecule has 82 valence electrons. The second-order valence-electron chi connectivity index (χ2n) is 4.16. The minimum absolute atomic E-state index is 0.0911. The van der Waals surface area contributed by atoms with Crippen molar-refractivity contribution in [1.29, 1.82) is 0 Å². The maximum absolute atomic E-state index is 11.9. The first-order chi connectivity index (χ1) is 6.56. The molecule has 0 aromatic rings. The zero-order valence-corrected chi connectivity index (χ0v) is 9.29. The maximum atomic E-state index is 11.9. The van der Waals surface area contributed by atoms with Crippen molar-refractivity contribution in [3.05, 3.63) is 0 Å². The van der Waals surface area contributed by atoms with Crippen molar-refractivity contribution in [3.63, 3.8) is 0 Å². The topological polar surface area (TPSA) is 58.4 Å². The van der Waals surface area contributed by atoms with E-state index in [-0.39, 0.29) is 18.0 Å². The van der Waals surface area contributed by atoms with Gasteiger partial charge in [-0.2, -0.15) is 0 Å². The molecular weight excluding hydrogens is 178 g/mol. The molecule has 0 saturated carbocycles. The standard InChI is InChI=1S/C10H21N3O/c1-4-9(11)10(14)13-6-7(2)12-5-8(13)3/h7-9,12H,4-6,11H2,1-3H3/t7?,8?,9-/m0/s1. The molecule has 4 heteroatoms. The molecule has 1 aliphatic rings. The zero-order chi connectivity index (χ0) is 10.7. The summed E-state index contributed by atoms with van der Waals surface area (Å²) in [6.07, 6.45) is 0.712. The number of hydrogen-bond donors (Lipinski definition) is 2. The molecule has 1 rings (SSSR count). The van der Waals surface area contributed by atoms with Gasteiger partial charge in [0.05, 0.1) is 6.04 Å². The summed E-state index contributed by atoms with van der Waals surface area (Å²) in [7, 11) is 0. The van der Waals surface area contributed by atoms with Crippen LogP contribution in [0.1, 0.15) is 27.2 Å². The van der Waals surface area contributed by atoms with Gasteiger partial charge >= 0.3 is 0 Å². The summed E-state index contributed by atoms with van der Waals surface area (Å²) in [4.78, 5) is 13.8. The number of nitrogens with zero attached hydrogens (tertiary/aromatic N) is 1. The summed E-state index contributed by atoms with van der Waals surface area (Å²) in [6, 6.07) is 0.304. The summed E-state index contributed by atoms with van der Waals surface area (Å²) in [5, 5.41) is 3.34. The monoisotopic (exact) mass is 199 g/mol. The number of piperazine rings is 1. The lowest BCUT2D eigenvalue weighted by Gasteiger charge is -2.38. The van der Waals surface area contributed by atoms with Crippen LogP contribution in [0.15, 0.2) is 0 Å². The van der Waals surface area contributed by atoms with Crippen LogP contribution in [0.3, 0.4) is 0 Å². The van der Waals surface area contributed by atoms with Crippen LogP contribution in [0.2, 0.25) is 0 Å². The highest BCUT2D eigenvalue weighted by Gasteiger charge is 2.28. The van der Waals surface area contributed by atoms with E-state index in [0.29, 0.717) is 12.5 Å². The third-order valence-electron chi connectivity index (χ3n) is 2.80. The molecule has 0 aromatic heterocycles. The number of carbonyl (C=O) groups is 1. The van der Waals surface area contributed by atoms with Gasteiger partial charge in [0.2, 0.25) is 5.91 Å². The molecule has 0 aromatic carbocycles. The first-order valence-electron chi connectivity index (χ1n) is 5.35. The van der Waals surface area contributed by atoms with Crippen molar-refractivity contribution < 1.29 is 4.79 Å². The van der Waals surface area contributed by atoms with E-state index >= 15 is 0 Å². The Morgan fingerprint density at radius 1 is 1.64 bits per heavy atom. The fraction of sp³-hybridized carbons (Fsp3) is 0.900. The molecule has 1 fully saturated rings. The molecule has 1 aliphatic heterocycles. The Bertz CT molecular complexity index is 208. The van der Waals surface area contributed by atoms with Gasteiger partial charge in [0.15, 0.2) is 0 Å². The van der Waals surface area contributed by atoms with E-state index in [1.807, 2.05) is 11.8 Å². The summed E-state index contributed by atoms with van der Waals surface area (Å²) in [5.41, 5.74) is 5.74. The number of rotatable bonds is 2. The van der Waals surface area contributed by atoms with Gasteiger partial charge in [-0.1, -0.05) is 6.92 Å². The van der Waals surface area contributed by atoms with Crippen molar-refractivity contribution in [1.82, 2.24) is 10.2 Å². The molecule has 0 bridgehead atoms. The fourth-order valence-electron chi connectivity index (χ4n) is 1.72. The van der Waals surface area contributed by atoms with Gasteiger partial charge in [-0.05, 0) is 20.3 Å². The minimum Gasteiger partial charge on any atom is -0.336 e. The van der Waals surface area contributed by atoms with Gasteiger partial charge in [-0.25, -0.2) is 0 Å². The molecule has 3 N–H and O–H groups in total. The van der Waals surface area contributed by atoms with Gasteiger partial charge in [0.25, 0.3) is 0 Å². The number of nitrogens with two attached hydrogens (primary N) is 1. The van der Waals surface area contributed by atoms with Crippen LogP contribution >= 0.6 is 0 Å². The number of nitrogens with one attached hydrogen (secondary N) is 1. The quantitative estimate of drug-likeness (QED) is 0.654. The fourth-order valence-corrected chi connectivity index (χ4v) is 1.72. The zero-order valence-electron chi connectivity index (χ0n) is 9.29. The maximum Gasteiger partial charge on any atom is 0.239 e. The van der Waals surface area contributed by atoms with Crippen LogP contribution in [0, 0.1) is 0 Å². The molecular formula is C10H21N3O. The Kier molecular flexibility index (Phi) is 3.89. The van der Waals surface area contributed by atoms with Crippen LogP contribution < -0.4 is 11.1 Å². The first-order valence-corrected chi connectivity index (χ1v) is 5.35. The lowest BCUT2D eigenvalue weighted by molar-refractivity contribution is -0.136. The predicted molar refractivity (Wildman–Crippen MR) is 56.9 cm³/mol. The smallest absolute Gasteiger partial charge is 0.239 e. The second-order valence-corrected chi connectivity index (χ2v) is 4.16. The van der Waals surface area contributed by atoms with E-state index in [1.54, 1.807) is 0 Å². The van der Waals surface area contributed by atoms with Crippen LogP contribution in [-0.2, 0) is 4.79 Å². The second kappa shape index (κ2) is 4.75. The molecule has 1 saturated heterocycles. The summed E-state index contributed by atoms with van der Waals surface area (Å²) in [6.45, 7) is 7.72. The summed E-state index contributed by atoms with van der Waals surface area (Å²) in [5.74, 6) is 0.0911. The normalized spacial score (nSPS) is 30.1. The third-order valence-corrected chi connectivity index (χ3v) is 2.80. The summed E-state index contributed by atoms with van der Waals surface area (Å²) < 4.78 is 0. The predicted octanol–water partition coefficient (Wildman–Crippen LogP) is -0.0675. The highest BCUT2D eigenvalue weighted by atomic mass is 16.2. The van der Waals surface area contributed by atoms with Gasteiger partial charge < -0.3 is 16.0 Å². The lowest BCUT2D eigenvalue weighted by Crippen LogP contribution is -2.59. The highest BCUT2D eigenvalue weighted by molar-refractivity contribution is 5.82. The lowest BCUT2D eigenvalue weighted by atomic mass is 10.1. The van der Waals surface area contributed by atoms with Crippen molar-refractivity contribution in [3.8, 4) is 0 Å². The Morgan fingerprint density at radius 2 is 2.29 bits per heavy atom. The minimum atomic E-state index is -0.331. The van der Waals surface area contributed by atoms with Crippen molar-refractivity contribution >= 4 is 5.91 Å². The Labute approximate surface area is 85.8 Å². The molecule has 2 unspecified atom stereocenters.